The van der Waals surface area contributed by atoms with Crippen molar-refractivity contribution in [2.24, 2.45) is 5.92 Å². The summed E-state index contributed by atoms with van der Waals surface area (Å²) in [5.41, 5.74) is 2.57. The summed E-state index contributed by atoms with van der Waals surface area (Å²) >= 11 is 0. The van der Waals surface area contributed by atoms with E-state index in [9.17, 15) is 4.79 Å². The number of ether oxygens (including phenoxy) is 2. The number of carbonyl (C=O) groups is 1. The highest BCUT2D eigenvalue weighted by atomic mass is 16.7. The Kier molecular flexibility index (Phi) is 4.56. The Morgan fingerprint density at radius 3 is 2.21 bits per heavy atom. The minimum atomic E-state index is -0.410. The number of hydrogen-bond acceptors (Lipinski definition) is 3. The van der Waals surface area contributed by atoms with E-state index in [1.165, 1.54) is 11.1 Å². The van der Waals surface area contributed by atoms with Crippen molar-refractivity contribution >= 4 is 5.91 Å². The fourth-order valence-electron chi connectivity index (χ4n) is 2.66. The fourth-order valence-corrected chi connectivity index (χ4v) is 2.66. The van der Waals surface area contributed by atoms with Gasteiger partial charge in [0.2, 0.25) is 5.91 Å². The maximum absolute atomic E-state index is 12.2. The molecular formula is C15H21NO3. The van der Waals surface area contributed by atoms with Crippen molar-refractivity contribution in [3.05, 3.63) is 35.4 Å². The van der Waals surface area contributed by atoms with Crippen LogP contribution in [0.5, 0.6) is 0 Å². The van der Waals surface area contributed by atoms with Crippen LogP contribution in [0.15, 0.2) is 24.3 Å². The third-order valence-corrected chi connectivity index (χ3v) is 3.66. The molecule has 1 aromatic carbocycles. The second kappa shape index (κ2) is 6.17. The van der Waals surface area contributed by atoms with Crippen LogP contribution in [0.4, 0.5) is 0 Å². The van der Waals surface area contributed by atoms with Crippen molar-refractivity contribution in [2.45, 2.75) is 32.1 Å². The summed E-state index contributed by atoms with van der Waals surface area (Å²) in [6.07, 6.45) is 1.23. The molecule has 1 aliphatic rings. The topological polar surface area (TPSA) is 47.6 Å². The van der Waals surface area contributed by atoms with Gasteiger partial charge in [0.15, 0.2) is 6.29 Å². The van der Waals surface area contributed by atoms with Crippen LogP contribution in [-0.4, -0.2) is 32.5 Å². The van der Waals surface area contributed by atoms with Crippen LogP contribution in [0.25, 0.3) is 0 Å². The number of nitrogens with one attached hydrogen (secondary N) is 1. The quantitative estimate of drug-likeness (QED) is 0.819. The van der Waals surface area contributed by atoms with Gasteiger partial charge >= 0.3 is 0 Å². The lowest BCUT2D eigenvalue weighted by atomic mass is 10.1. The van der Waals surface area contributed by atoms with Gasteiger partial charge in [-0.05, 0) is 30.9 Å². The zero-order chi connectivity index (χ0) is 13.8. The van der Waals surface area contributed by atoms with Crippen molar-refractivity contribution in [3.8, 4) is 0 Å². The van der Waals surface area contributed by atoms with Crippen molar-refractivity contribution in [1.82, 2.24) is 5.32 Å². The van der Waals surface area contributed by atoms with Gasteiger partial charge in [0, 0.05) is 20.1 Å². The summed E-state index contributed by atoms with van der Waals surface area (Å²) in [6.45, 7) is 1.89. The Hall–Kier alpha value is -1.39. The molecule has 1 unspecified atom stereocenters. The molecule has 0 heterocycles. The fraction of sp³-hybridized carbons (Fsp3) is 0.533. The molecule has 1 atom stereocenters. The molecule has 0 aromatic heterocycles. The van der Waals surface area contributed by atoms with Gasteiger partial charge in [-0.1, -0.05) is 24.3 Å². The first-order chi connectivity index (χ1) is 9.15. The van der Waals surface area contributed by atoms with E-state index in [0.717, 1.165) is 12.8 Å². The highest BCUT2D eigenvalue weighted by molar-refractivity contribution is 5.80. The molecule has 1 N–H and O–H groups in total. The molecule has 104 valence electrons. The summed E-state index contributed by atoms with van der Waals surface area (Å²) in [4.78, 5) is 12.2. The van der Waals surface area contributed by atoms with Gasteiger partial charge in [0.05, 0.1) is 6.04 Å². The lowest BCUT2D eigenvalue weighted by Crippen LogP contribution is -2.45. The van der Waals surface area contributed by atoms with E-state index in [1.54, 1.807) is 14.2 Å². The molecule has 1 amide bonds. The van der Waals surface area contributed by atoms with Crippen molar-refractivity contribution in [3.63, 3.8) is 0 Å². The van der Waals surface area contributed by atoms with Crippen LogP contribution in [0, 0.1) is 5.92 Å². The standard InChI is InChI=1S/C15H21NO3/c1-10(15(18-2)19-3)16-14(17)13-8-11-6-4-5-7-12(11)9-13/h4-7,10,13,15H,8-9H2,1-3H3,(H,16,17). The number of carbonyl (C=O) groups excluding carboxylic acids is 1. The lowest BCUT2D eigenvalue weighted by Gasteiger charge is -2.23. The summed E-state index contributed by atoms with van der Waals surface area (Å²) in [7, 11) is 3.14. The van der Waals surface area contributed by atoms with Crippen LogP contribution >= 0.6 is 0 Å². The van der Waals surface area contributed by atoms with E-state index in [1.807, 2.05) is 19.1 Å². The molecular weight excluding hydrogens is 242 g/mol. The molecule has 1 aliphatic carbocycles. The average Bonchev–Trinajstić information content (AvgIpc) is 2.84. The van der Waals surface area contributed by atoms with Crippen LogP contribution in [-0.2, 0) is 27.1 Å². The van der Waals surface area contributed by atoms with Gasteiger partial charge in [-0.2, -0.15) is 0 Å². The summed E-state index contributed by atoms with van der Waals surface area (Å²) < 4.78 is 10.3. The zero-order valence-electron chi connectivity index (χ0n) is 11.7. The Bertz CT molecular complexity index is 418. The second-order valence-electron chi connectivity index (χ2n) is 5.01. The van der Waals surface area contributed by atoms with Crippen LogP contribution < -0.4 is 5.32 Å². The molecule has 4 heteroatoms. The van der Waals surface area contributed by atoms with Gasteiger partial charge < -0.3 is 14.8 Å². The minimum Gasteiger partial charge on any atom is -0.354 e. The molecule has 0 fully saturated rings. The monoisotopic (exact) mass is 263 g/mol. The highest BCUT2D eigenvalue weighted by Gasteiger charge is 2.29. The molecule has 0 radical (unpaired) electrons. The number of hydrogen-bond donors (Lipinski definition) is 1. The normalized spacial score (nSPS) is 16.4. The summed E-state index contributed by atoms with van der Waals surface area (Å²) in [6, 6.07) is 8.07. The average molecular weight is 263 g/mol. The molecule has 19 heavy (non-hydrogen) atoms. The Morgan fingerprint density at radius 1 is 1.21 bits per heavy atom. The van der Waals surface area contributed by atoms with E-state index >= 15 is 0 Å². The summed E-state index contributed by atoms with van der Waals surface area (Å²) in [5, 5.41) is 2.97. The molecule has 0 spiro atoms. The lowest BCUT2D eigenvalue weighted by molar-refractivity contribution is -0.138. The number of methoxy groups -OCH3 is 2. The van der Waals surface area contributed by atoms with Gasteiger partial charge in [-0.3, -0.25) is 4.79 Å². The first-order valence-electron chi connectivity index (χ1n) is 6.58. The number of benzene rings is 1. The van der Waals surface area contributed by atoms with Crippen LogP contribution in [0.3, 0.4) is 0 Å². The molecule has 2 rings (SSSR count). The Balaban J connectivity index is 1.93. The zero-order valence-corrected chi connectivity index (χ0v) is 11.7. The Labute approximate surface area is 114 Å². The van der Waals surface area contributed by atoms with E-state index in [-0.39, 0.29) is 17.9 Å². The predicted molar refractivity (Wildman–Crippen MR) is 72.8 cm³/mol. The van der Waals surface area contributed by atoms with Crippen LogP contribution in [0.2, 0.25) is 0 Å². The van der Waals surface area contributed by atoms with E-state index in [2.05, 4.69) is 17.4 Å². The molecule has 0 saturated carbocycles. The third-order valence-electron chi connectivity index (χ3n) is 3.66. The SMILES string of the molecule is COC(OC)C(C)NC(=O)C1Cc2ccccc2C1. The van der Waals surface area contributed by atoms with Gasteiger partial charge in [-0.15, -0.1) is 0 Å². The predicted octanol–water partition coefficient (Wildman–Crippen LogP) is 1.52. The van der Waals surface area contributed by atoms with Gasteiger partial charge in [0.25, 0.3) is 0 Å². The van der Waals surface area contributed by atoms with E-state index < -0.39 is 6.29 Å². The maximum Gasteiger partial charge on any atom is 0.224 e. The first-order valence-corrected chi connectivity index (χ1v) is 6.58. The van der Waals surface area contributed by atoms with E-state index in [4.69, 9.17) is 9.47 Å². The smallest absolute Gasteiger partial charge is 0.224 e. The first kappa shape index (κ1) is 14.0. The van der Waals surface area contributed by atoms with Gasteiger partial charge in [-0.25, -0.2) is 0 Å². The second-order valence-corrected chi connectivity index (χ2v) is 5.01. The molecule has 0 saturated heterocycles. The number of rotatable bonds is 5. The molecule has 0 aliphatic heterocycles. The van der Waals surface area contributed by atoms with Crippen molar-refractivity contribution in [2.75, 3.05) is 14.2 Å². The van der Waals surface area contributed by atoms with E-state index in [0.29, 0.717) is 0 Å². The minimum absolute atomic E-state index is 0.0224. The molecule has 1 aromatic rings. The van der Waals surface area contributed by atoms with Crippen molar-refractivity contribution in [1.29, 1.82) is 0 Å². The third kappa shape index (κ3) is 3.14. The van der Waals surface area contributed by atoms with Crippen molar-refractivity contribution < 1.29 is 14.3 Å². The highest BCUT2D eigenvalue weighted by Crippen LogP contribution is 2.26. The van der Waals surface area contributed by atoms with Crippen LogP contribution in [0.1, 0.15) is 18.1 Å². The number of fused-ring (bicyclic) bond motifs is 1. The summed E-state index contributed by atoms with van der Waals surface area (Å²) in [5.74, 6) is 0.0945. The molecule has 0 bridgehead atoms. The van der Waals surface area contributed by atoms with Gasteiger partial charge in [0.1, 0.15) is 0 Å². The molecule has 4 nitrogen and oxygen atoms in total. The Morgan fingerprint density at radius 2 is 1.74 bits per heavy atom. The maximum atomic E-state index is 12.2. The number of amides is 1. The largest absolute Gasteiger partial charge is 0.354 e.